The van der Waals surface area contributed by atoms with Crippen molar-refractivity contribution >= 4 is 7.60 Å². The van der Waals surface area contributed by atoms with Crippen LogP contribution >= 0.6 is 7.60 Å². The molecule has 0 aromatic carbocycles. The smallest absolute Gasteiger partial charge is 0.308 e. The highest BCUT2D eigenvalue weighted by atomic mass is 31.2. The minimum atomic E-state index is -4.53. The maximum atomic E-state index is 12.7. The largest absolute Gasteiger partial charge is 0.400 e. The van der Waals surface area contributed by atoms with E-state index in [-0.39, 0.29) is 25.0 Å². The molecule has 0 bridgehead atoms. The van der Waals surface area contributed by atoms with E-state index in [9.17, 15) is 17.7 Å². The van der Waals surface area contributed by atoms with Crippen molar-refractivity contribution in [3.8, 4) is 0 Å². The Morgan fingerprint density at radius 2 is 1.17 bits per heavy atom. The molecule has 0 atom stereocenters. The van der Waals surface area contributed by atoms with Gasteiger partial charge in [0.1, 0.15) is 6.16 Å². The Labute approximate surface area is 136 Å². The second-order valence-corrected chi connectivity index (χ2v) is 9.04. The Hall–Kier alpha value is -0.0600. The van der Waals surface area contributed by atoms with Crippen LogP contribution in [0.1, 0.15) is 64.2 Å². The van der Waals surface area contributed by atoms with Crippen molar-refractivity contribution in [2.75, 3.05) is 19.4 Å². The van der Waals surface area contributed by atoms with Crippen LogP contribution in [0.3, 0.4) is 0 Å². The van der Waals surface area contributed by atoms with Gasteiger partial charge in [0.05, 0.1) is 13.2 Å². The van der Waals surface area contributed by atoms with Crippen molar-refractivity contribution in [1.29, 1.82) is 0 Å². The molecule has 2 rings (SSSR count). The Bertz CT molecular complexity index is 363. The summed E-state index contributed by atoms with van der Waals surface area (Å²) >= 11 is 0. The third kappa shape index (κ3) is 7.57. The summed E-state index contributed by atoms with van der Waals surface area (Å²) in [7, 11) is -4.10. The van der Waals surface area contributed by atoms with Crippen molar-refractivity contribution in [1.82, 2.24) is 0 Å². The molecule has 136 valence electrons. The SMILES string of the molecule is O=P(CC(F)(F)F)(OCC1CCCCC1)OCC1CCCCC1. The number of halogens is 3. The highest BCUT2D eigenvalue weighted by Gasteiger charge is 2.42. The average molecular weight is 356 g/mol. The molecule has 2 aliphatic carbocycles. The first-order chi connectivity index (χ1) is 10.9. The molecule has 0 N–H and O–H groups in total. The summed E-state index contributed by atoms with van der Waals surface area (Å²) in [5.41, 5.74) is 0. The lowest BCUT2D eigenvalue weighted by Crippen LogP contribution is -2.21. The van der Waals surface area contributed by atoms with Gasteiger partial charge in [0, 0.05) is 0 Å². The quantitative estimate of drug-likeness (QED) is 0.530. The zero-order valence-corrected chi connectivity index (χ0v) is 14.5. The fraction of sp³-hybridized carbons (Fsp3) is 1.00. The van der Waals surface area contributed by atoms with Gasteiger partial charge in [-0.15, -0.1) is 0 Å². The summed E-state index contributed by atoms with van der Waals surface area (Å²) in [6, 6.07) is 0. The highest BCUT2D eigenvalue weighted by molar-refractivity contribution is 7.53. The number of alkyl halides is 3. The Morgan fingerprint density at radius 3 is 1.52 bits per heavy atom. The summed E-state index contributed by atoms with van der Waals surface area (Å²) < 4.78 is 61.3. The molecule has 2 fully saturated rings. The lowest BCUT2D eigenvalue weighted by Gasteiger charge is -2.27. The molecule has 3 nitrogen and oxygen atoms in total. The van der Waals surface area contributed by atoms with Crippen LogP contribution in [-0.4, -0.2) is 25.6 Å². The summed E-state index contributed by atoms with van der Waals surface area (Å²) in [5, 5.41) is 0. The van der Waals surface area contributed by atoms with Crippen LogP contribution in [-0.2, 0) is 13.6 Å². The van der Waals surface area contributed by atoms with Crippen molar-refractivity contribution < 1.29 is 26.8 Å². The maximum Gasteiger partial charge on any atom is 0.400 e. The van der Waals surface area contributed by atoms with E-state index in [4.69, 9.17) is 9.05 Å². The van der Waals surface area contributed by atoms with Gasteiger partial charge in [-0.1, -0.05) is 38.5 Å². The predicted molar refractivity (Wildman–Crippen MR) is 83.6 cm³/mol. The first kappa shape index (κ1) is 19.3. The van der Waals surface area contributed by atoms with E-state index in [1.807, 2.05) is 0 Å². The molecule has 23 heavy (non-hydrogen) atoms. The molecule has 0 saturated heterocycles. The van der Waals surface area contributed by atoms with Crippen LogP contribution in [0.15, 0.2) is 0 Å². The van der Waals surface area contributed by atoms with Crippen LogP contribution in [0, 0.1) is 11.8 Å². The van der Waals surface area contributed by atoms with E-state index in [1.54, 1.807) is 0 Å². The highest BCUT2D eigenvalue weighted by Crippen LogP contribution is 2.53. The summed E-state index contributed by atoms with van der Waals surface area (Å²) in [4.78, 5) is 0. The van der Waals surface area contributed by atoms with Gasteiger partial charge in [0.2, 0.25) is 0 Å². The minimum Gasteiger partial charge on any atom is -0.308 e. The van der Waals surface area contributed by atoms with Crippen molar-refractivity contribution in [2.45, 2.75) is 70.4 Å². The standard InChI is InChI=1S/C16H28F3O3P/c17-16(18,19)13-23(20,21-11-14-7-3-1-4-8-14)22-12-15-9-5-2-6-10-15/h14-15H,1-13H2. The molecule has 2 saturated carbocycles. The van der Waals surface area contributed by atoms with E-state index in [0.29, 0.717) is 0 Å². The zero-order chi connectivity index (χ0) is 16.8. The second-order valence-electron chi connectivity index (χ2n) is 6.98. The molecule has 2 aliphatic rings. The first-order valence-electron chi connectivity index (χ1n) is 8.81. The van der Waals surface area contributed by atoms with E-state index in [1.165, 1.54) is 0 Å². The monoisotopic (exact) mass is 356 g/mol. The van der Waals surface area contributed by atoms with Gasteiger partial charge in [-0.05, 0) is 37.5 Å². The van der Waals surface area contributed by atoms with E-state index in [2.05, 4.69) is 0 Å². The Balaban J connectivity index is 1.86. The average Bonchev–Trinajstić information content (AvgIpc) is 2.52. The first-order valence-corrected chi connectivity index (χ1v) is 10.5. The van der Waals surface area contributed by atoms with Crippen LogP contribution in [0.4, 0.5) is 13.2 Å². The molecular formula is C16H28F3O3P. The van der Waals surface area contributed by atoms with Crippen LogP contribution < -0.4 is 0 Å². The molecule has 7 heteroatoms. The predicted octanol–water partition coefficient (Wildman–Crippen LogP) is 5.94. The fourth-order valence-electron chi connectivity index (χ4n) is 3.49. The molecule has 0 amide bonds. The minimum absolute atomic E-state index is 0.123. The van der Waals surface area contributed by atoms with Gasteiger partial charge in [-0.2, -0.15) is 13.2 Å². The molecule has 0 aromatic rings. The maximum absolute atomic E-state index is 12.7. The number of hydrogen-bond donors (Lipinski definition) is 0. The van der Waals surface area contributed by atoms with Gasteiger partial charge in [0.15, 0.2) is 0 Å². The molecule has 0 aliphatic heterocycles. The Kier molecular flexibility index (Phi) is 7.43. The molecule has 0 unspecified atom stereocenters. The molecule has 0 heterocycles. The normalized spacial score (nSPS) is 22.4. The summed E-state index contributed by atoms with van der Waals surface area (Å²) in [6.45, 7) is 0.246. The van der Waals surface area contributed by atoms with Gasteiger partial charge in [-0.3, -0.25) is 4.57 Å². The third-order valence-electron chi connectivity index (χ3n) is 4.84. The van der Waals surface area contributed by atoms with Crippen LogP contribution in [0.2, 0.25) is 0 Å². The fourth-order valence-corrected chi connectivity index (χ4v) is 5.07. The Morgan fingerprint density at radius 1 is 0.783 bits per heavy atom. The van der Waals surface area contributed by atoms with Gasteiger partial charge in [0.25, 0.3) is 0 Å². The van der Waals surface area contributed by atoms with Crippen molar-refractivity contribution in [3.05, 3.63) is 0 Å². The lowest BCUT2D eigenvalue weighted by molar-refractivity contribution is -0.110. The van der Waals surface area contributed by atoms with Crippen molar-refractivity contribution in [2.24, 2.45) is 11.8 Å². The van der Waals surface area contributed by atoms with Gasteiger partial charge in [-0.25, -0.2) is 0 Å². The molecular weight excluding hydrogens is 328 g/mol. The molecule has 0 spiro atoms. The molecule has 0 radical (unpaired) electrons. The van der Waals surface area contributed by atoms with Crippen LogP contribution in [0.25, 0.3) is 0 Å². The second kappa shape index (κ2) is 8.87. The lowest BCUT2D eigenvalue weighted by atomic mass is 9.90. The zero-order valence-electron chi connectivity index (χ0n) is 13.7. The van der Waals surface area contributed by atoms with Crippen molar-refractivity contribution in [3.63, 3.8) is 0 Å². The summed E-state index contributed by atoms with van der Waals surface area (Å²) in [5.74, 6) is 0.423. The van der Waals surface area contributed by atoms with E-state index in [0.717, 1.165) is 64.2 Å². The third-order valence-corrected chi connectivity index (χ3v) is 6.67. The topological polar surface area (TPSA) is 35.5 Å². The van der Waals surface area contributed by atoms with E-state index < -0.39 is 19.9 Å². The molecule has 0 aromatic heterocycles. The van der Waals surface area contributed by atoms with Gasteiger partial charge >= 0.3 is 13.8 Å². The van der Waals surface area contributed by atoms with E-state index >= 15 is 0 Å². The summed E-state index contributed by atoms with van der Waals surface area (Å²) in [6.07, 6.45) is 4.35. The van der Waals surface area contributed by atoms with Crippen LogP contribution in [0.5, 0.6) is 0 Å². The number of hydrogen-bond acceptors (Lipinski definition) is 3. The number of rotatable bonds is 7. The van der Waals surface area contributed by atoms with Gasteiger partial charge < -0.3 is 9.05 Å².